The van der Waals surface area contributed by atoms with Gasteiger partial charge in [-0.25, -0.2) is 0 Å². The number of thiocarbonyl (C=S) groups is 3. The predicted molar refractivity (Wildman–Crippen MR) is 261 cm³/mol. The van der Waals surface area contributed by atoms with Crippen molar-refractivity contribution >= 4 is 118 Å². The summed E-state index contributed by atoms with van der Waals surface area (Å²) in [5.41, 5.74) is 0. The zero-order chi connectivity index (χ0) is 37.0. The van der Waals surface area contributed by atoms with Gasteiger partial charge in [0.05, 0.1) is 0 Å². The average Bonchev–Trinajstić information content (AvgIpc) is 3.10. The number of unbranched alkanes of at least 4 members (excludes halogenated alkanes) is 24. The van der Waals surface area contributed by atoms with E-state index in [4.69, 9.17) is 36.7 Å². The summed E-state index contributed by atoms with van der Waals surface area (Å²) in [5, 5.41) is 0. The van der Waals surface area contributed by atoms with Crippen molar-refractivity contribution in [2.24, 2.45) is 0 Å². The number of benzene rings is 1. The van der Waals surface area contributed by atoms with Crippen molar-refractivity contribution in [1.29, 1.82) is 0 Å². The second-order valence-electron chi connectivity index (χ2n) is 13.7. The molecule has 0 N–H and O–H groups in total. The molecule has 0 aromatic heterocycles. The largest absolute Gasteiger partial charge is 0.109 e. The van der Waals surface area contributed by atoms with Gasteiger partial charge in [-0.1, -0.05) is 247 Å². The van der Waals surface area contributed by atoms with E-state index in [1.54, 1.807) is 35.3 Å². The molecule has 0 aliphatic carbocycles. The molecule has 1 aromatic rings. The first-order chi connectivity index (χ1) is 25.0. The Morgan fingerprint density at radius 1 is 0.333 bits per heavy atom. The molecule has 51 heavy (non-hydrogen) atoms. The Balaban J connectivity index is 2.54. The molecule has 0 aliphatic rings. The first kappa shape index (κ1) is 50.6. The molecule has 0 spiro atoms. The van der Waals surface area contributed by atoms with Crippen molar-refractivity contribution in [3.63, 3.8) is 0 Å². The molecule has 0 fully saturated rings. The molecule has 0 atom stereocenters. The van der Waals surface area contributed by atoms with Gasteiger partial charge in [0.25, 0.3) is 0 Å². The molecule has 0 bridgehead atoms. The summed E-state index contributed by atoms with van der Waals surface area (Å²) in [5.74, 6) is 3.37. The summed E-state index contributed by atoms with van der Waals surface area (Å²) >= 11 is 28.4. The van der Waals surface area contributed by atoms with E-state index in [0.717, 1.165) is 27.8 Å². The van der Waals surface area contributed by atoms with Crippen molar-refractivity contribution in [3.05, 3.63) is 18.2 Å². The van der Waals surface area contributed by atoms with Crippen molar-refractivity contribution in [3.8, 4) is 0 Å². The van der Waals surface area contributed by atoms with Crippen LogP contribution in [0.5, 0.6) is 0 Å². The minimum atomic E-state index is 1.03. The lowest BCUT2D eigenvalue weighted by molar-refractivity contribution is 0.573. The highest BCUT2D eigenvalue weighted by molar-refractivity contribution is 8.48. The van der Waals surface area contributed by atoms with Crippen LogP contribution in [-0.2, 0) is 0 Å². The van der Waals surface area contributed by atoms with E-state index in [1.807, 2.05) is 35.3 Å². The predicted octanol–water partition coefficient (Wildman–Crippen LogP) is 18.6. The van der Waals surface area contributed by atoms with E-state index in [0.29, 0.717) is 0 Å². The van der Waals surface area contributed by atoms with Crippen molar-refractivity contribution in [2.45, 2.75) is 209 Å². The van der Waals surface area contributed by atoms with Gasteiger partial charge in [-0.05, 0) is 54.7 Å². The molecule has 1 rings (SSSR count). The van der Waals surface area contributed by atoms with Gasteiger partial charge in [-0.2, -0.15) is 0 Å². The van der Waals surface area contributed by atoms with Crippen LogP contribution in [0.15, 0.2) is 32.9 Å². The molecular formula is C42H72S9. The Bertz CT molecular complexity index is 860. The Morgan fingerprint density at radius 2 is 0.529 bits per heavy atom. The summed E-state index contributed by atoms with van der Waals surface area (Å²) in [6, 6.07) is 6.86. The molecule has 9 heteroatoms. The van der Waals surface area contributed by atoms with Crippen LogP contribution in [0.25, 0.3) is 0 Å². The zero-order valence-electron chi connectivity index (χ0n) is 32.6. The van der Waals surface area contributed by atoms with Gasteiger partial charge in [0.1, 0.15) is 10.6 Å². The monoisotopic (exact) mass is 864 g/mol. The molecule has 0 nitrogen and oxygen atoms in total. The molecular weight excluding hydrogens is 793 g/mol. The number of hydrogen-bond donors (Lipinski definition) is 0. The topological polar surface area (TPSA) is 0 Å². The highest BCUT2D eigenvalue weighted by atomic mass is 32.2. The van der Waals surface area contributed by atoms with E-state index in [2.05, 4.69) is 39.0 Å². The quantitative estimate of drug-likeness (QED) is 0.0382. The van der Waals surface area contributed by atoms with Gasteiger partial charge < -0.3 is 0 Å². The van der Waals surface area contributed by atoms with Gasteiger partial charge in [0, 0.05) is 14.7 Å². The fourth-order valence-electron chi connectivity index (χ4n) is 5.80. The van der Waals surface area contributed by atoms with E-state index in [9.17, 15) is 0 Å². The number of thioether (sulfide) groups is 6. The van der Waals surface area contributed by atoms with E-state index < -0.39 is 0 Å². The summed E-state index contributed by atoms with van der Waals surface area (Å²) in [6.07, 6.45) is 36.8. The minimum Gasteiger partial charge on any atom is -0.107 e. The second kappa shape index (κ2) is 38.5. The third-order valence-corrected chi connectivity index (χ3v) is 16.6. The van der Waals surface area contributed by atoms with Gasteiger partial charge in [0.15, 0.2) is 0 Å². The summed E-state index contributed by atoms with van der Waals surface area (Å²) in [4.78, 5) is 3.64. The summed E-state index contributed by atoms with van der Waals surface area (Å²) < 4.78 is 3.08. The van der Waals surface area contributed by atoms with Crippen LogP contribution in [0.2, 0.25) is 0 Å². The molecule has 0 radical (unpaired) electrons. The van der Waals surface area contributed by atoms with Crippen LogP contribution in [0.3, 0.4) is 0 Å². The summed E-state index contributed by atoms with van der Waals surface area (Å²) in [7, 11) is 0. The molecule has 0 aliphatic heterocycles. The smallest absolute Gasteiger partial charge is 0.107 e. The third kappa shape index (κ3) is 33.4. The fraction of sp³-hybridized carbons (Fsp3) is 0.786. The normalized spacial score (nSPS) is 11.4. The van der Waals surface area contributed by atoms with Crippen LogP contribution in [0.1, 0.15) is 194 Å². The van der Waals surface area contributed by atoms with E-state index in [-0.39, 0.29) is 0 Å². The van der Waals surface area contributed by atoms with Crippen molar-refractivity contribution < 1.29 is 0 Å². The van der Waals surface area contributed by atoms with Gasteiger partial charge in [0.2, 0.25) is 0 Å². The maximum Gasteiger partial charge on any atom is 0.109 e. The zero-order valence-corrected chi connectivity index (χ0v) is 40.0. The highest BCUT2D eigenvalue weighted by Gasteiger charge is 2.11. The lowest BCUT2D eigenvalue weighted by Crippen LogP contribution is -1.91. The Morgan fingerprint density at radius 3 is 0.745 bits per heavy atom. The van der Waals surface area contributed by atoms with E-state index >= 15 is 0 Å². The summed E-state index contributed by atoms with van der Waals surface area (Å²) in [6.45, 7) is 6.87. The van der Waals surface area contributed by atoms with Crippen LogP contribution < -0.4 is 0 Å². The standard InChI is InChI=1S/C42H72S9/c1-4-7-10-13-16-19-22-25-28-31-46-40(43)49-37-34-38(50-41(44)47-32-29-26-23-20-17-14-11-8-5-2)36-39(35-37)51-42(45)48-33-30-27-24-21-18-15-12-9-6-3/h34-36H,4-33H2,1-3H3. The average molecular weight is 866 g/mol. The first-order valence-corrected chi connectivity index (χ1v) is 27.3. The molecule has 0 amide bonds. The number of hydrogen-bond acceptors (Lipinski definition) is 9. The van der Waals surface area contributed by atoms with E-state index in [1.165, 1.54) is 188 Å². The SMILES string of the molecule is CCCCCCCCCCCSC(=S)Sc1cc(SC(=S)SCCCCCCCCCCC)cc(SC(=S)SCCCCCCCCCCC)c1. The molecule has 1 aromatic carbocycles. The van der Waals surface area contributed by atoms with Gasteiger partial charge in [-0.3, -0.25) is 0 Å². The molecule has 294 valence electrons. The lowest BCUT2D eigenvalue weighted by atomic mass is 10.1. The van der Waals surface area contributed by atoms with Crippen molar-refractivity contribution in [2.75, 3.05) is 17.3 Å². The third-order valence-electron chi connectivity index (χ3n) is 8.86. The minimum absolute atomic E-state index is 1.03. The lowest BCUT2D eigenvalue weighted by Gasteiger charge is -2.11. The molecule has 0 heterocycles. The van der Waals surface area contributed by atoms with Crippen LogP contribution >= 0.6 is 107 Å². The molecule has 0 saturated carbocycles. The maximum atomic E-state index is 5.87. The van der Waals surface area contributed by atoms with Crippen LogP contribution in [-0.4, -0.2) is 27.8 Å². The van der Waals surface area contributed by atoms with Crippen LogP contribution in [0.4, 0.5) is 0 Å². The Hall–Kier alpha value is 1.59. The van der Waals surface area contributed by atoms with Crippen molar-refractivity contribution in [1.82, 2.24) is 0 Å². The maximum absolute atomic E-state index is 5.87. The van der Waals surface area contributed by atoms with Gasteiger partial charge >= 0.3 is 0 Å². The molecule has 0 unspecified atom stereocenters. The Kier molecular flexibility index (Phi) is 38.2. The first-order valence-electron chi connectivity index (χ1n) is 20.7. The Labute approximate surface area is 358 Å². The highest BCUT2D eigenvalue weighted by Crippen LogP contribution is 2.38. The van der Waals surface area contributed by atoms with Crippen LogP contribution in [0, 0.1) is 0 Å². The second-order valence-corrected chi connectivity index (χ2v) is 23.8. The van der Waals surface area contributed by atoms with Gasteiger partial charge in [-0.15, -0.1) is 35.3 Å². The fourth-order valence-corrected chi connectivity index (χ4v) is 13.2. The number of rotatable bonds is 33. The molecule has 0 saturated heterocycles.